The molecule has 0 radical (unpaired) electrons. The molecule has 0 aromatic rings. The largest absolute Gasteiger partial charge is 0.480 e. The van der Waals surface area contributed by atoms with Crippen LogP contribution in [0.25, 0.3) is 0 Å². The molecule has 0 aromatic carbocycles. The fourth-order valence-electron chi connectivity index (χ4n) is 13.1. The van der Waals surface area contributed by atoms with E-state index in [1.807, 2.05) is 0 Å². The van der Waals surface area contributed by atoms with Crippen molar-refractivity contribution in [1.82, 2.24) is 5.32 Å². The quantitative estimate of drug-likeness (QED) is 0.409. The van der Waals surface area contributed by atoms with E-state index in [1.165, 1.54) is 103 Å². The number of amides is 1. The second-order valence-electron chi connectivity index (χ2n) is 14.8. The maximum atomic E-state index is 12.6. The first-order valence-electron chi connectivity index (χ1n) is 16.8. The number of carbonyl (C=O) groups excluding carboxylic acids is 1. The summed E-state index contributed by atoms with van der Waals surface area (Å²) in [6, 6.07) is 0. The first-order valence-corrected chi connectivity index (χ1v) is 16.8. The molecule has 7 rings (SSSR count). The van der Waals surface area contributed by atoms with Crippen LogP contribution in [0.15, 0.2) is 0 Å². The maximum Gasteiger partial charge on any atom is 0.407 e. The minimum Gasteiger partial charge on any atom is -0.480 e. The van der Waals surface area contributed by atoms with Crippen molar-refractivity contribution in [3.63, 3.8) is 0 Å². The molecular weight excluding hydrogens is 474 g/mol. The van der Waals surface area contributed by atoms with Crippen LogP contribution in [-0.2, 0) is 9.53 Å². The van der Waals surface area contributed by atoms with Gasteiger partial charge in [0.1, 0.15) is 6.54 Å². The van der Waals surface area contributed by atoms with Gasteiger partial charge in [0.15, 0.2) is 0 Å². The summed E-state index contributed by atoms with van der Waals surface area (Å²) in [5, 5.41) is 11.6. The third-order valence-electron chi connectivity index (χ3n) is 13.7. The van der Waals surface area contributed by atoms with Crippen LogP contribution in [0, 0.1) is 76.9 Å². The summed E-state index contributed by atoms with van der Waals surface area (Å²) in [5.41, 5.74) is 0. The zero-order chi connectivity index (χ0) is 25.8. The number of carboxylic acid groups (broad SMARTS) is 1. The lowest BCUT2D eigenvalue weighted by Gasteiger charge is -2.59. The average molecular weight is 526 g/mol. The second-order valence-corrected chi connectivity index (χ2v) is 14.8. The van der Waals surface area contributed by atoms with Crippen molar-refractivity contribution >= 4 is 12.1 Å². The monoisotopic (exact) mass is 525 g/mol. The third kappa shape index (κ3) is 4.23. The van der Waals surface area contributed by atoms with Crippen LogP contribution in [-0.4, -0.2) is 30.3 Å². The number of fused-ring (bicyclic) bond motifs is 13. The number of carboxylic acids is 1. The van der Waals surface area contributed by atoms with E-state index >= 15 is 0 Å². The van der Waals surface area contributed by atoms with Crippen molar-refractivity contribution in [2.75, 3.05) is 13.2 Å². The number of ether oxygens (including phenoxy) is 1. The molecule has 0 bridgehead atoms. The number of hydrogen-bond acceptors (Lipinski definition) is 3. The minimum absolute atomic E-state index is 0.357. The summed E-state index contributed by atoms with van der Waals surface area (Å²) in [5.74, 6) is 9.86. The van der Waals surface area contributed by atoms with Gasteiger partial charge in [0.2, 0.25) is 0 Å². The van der Waals surface area contributed by atoms with Crippen LogP contribution in [0.1, 0.15) is 103 Å². The molecule has 7 fully saturated rings. The second kappa shape index (κ2) is 10.6. The molecule has 0 aliphatic heterocycles. The van der Waals surface area contributed by atoms with Crippen LogP contribution in [0.2, 0.25) is 0 Å². The summed E-state index contributed by atoms with van der Waals surface area (Å²) in [6.07, 6.45) is 22.4. The Morgan fingerprint density at radius 2 is 0.895 bits per heavy atom. The molecule has 12 unspecified atom stereocenters. The summed E-state index contributed by atoms with van der Waals surface area (Å²) >= 11 is 0. The number of carbonyl (C=O) groups is 2. The average Bonchev–Trinajstić information content (AvgIpc) is 3.31. The van der Waals surface area contributed by atoms with Gasteiger partial charge < -0.3 is 15.2 Å². The number of alkyl carbamates (subject to hydrolysis) is 1. The van der Waals surface area contributed by atoms with Crippen molar-refractivity contribution in [2.24, 2.45) is 76.9 Å². The van der Waals surface area contributed by atoms with E-state index in [1.54, 1.807) is 0 Å². The molecule has 7 aliphatic carbocycles. The Morgan fingerprint density at radius 3 is 1.26 bits per heavy atom. The van der Waals surface area contributed by atoms with E-state index < -0.39 is 12.1 Å². The fourth-order valence-corrected chi connectivity index (χ4v) is 13.1. The van der Waals surface area contributed by atoms with E-state index in [0.717, 1.165) is 71.0 Å². The smallest absolute Gasteiger partial charge is 0.407 e. The predicted molar refractivity (Wildman–Crippen MR) is 146 cm³/mol. The molecule has 2 N–H and O–H groups in total. The molecule has 212 valence electrons. The van der Waals surface area contributed by atoms with Crippen LogP contribution in [0.4, 0.5) is 4.79 Å². The number of rotatable bonds is 4. The number of nitrogens with one attached hydrogen (secondary N) is 1. The number of hydrogen-bond donors (Lipinski definition) is 2. The molecule has 0 heterocycles. The first kappa shape index (κ1) is 25.7. The lowest BCUT2D eigenvalue weighted by atomic mass is 9.46. The first-order chi connectivity index (χ1) is 18.6. The van der Waals surface area contributed by atoms with E-state index in [2.05, 4.69) is 5.32 Å². The Morgan fingerprint density at radius 1 is 0.553 bits per heavy atom. The van der Waals surface area contributed by atoms with Gasteiger partial charge >= 0.3 is 12.1 Å². The van der Waals surface area contributed by atoms with Crippen molar-refractivity contribution in [3.05, 3.63) is 0 Å². The van der Waals surface area contributed by atoms with E-state index in [0.29, 0.717) is 12.5 Å². The zero-order valence-corrected chi connectivity index (χ0v) is 23.4. The van der Waals surface area contributed by atoms with Crippen molar-refractivity contribution in [3.8, 4) is 0 Å². The molecule has 7 saturated carbocycles. The van der Waals surface area contributed by atoms with Gasteiger partial charge in [-0.3, -0.25) is 4.79 Å². The van der Waals surface area contributed by atoms with Gasteiger partial charge in [-0.1, -0.05) is 51.4 Å². The third-order valence-corrected chi connectivity index (χ3v) is 13.7. The van der Waals surface area contributed by atoms with Gasteiger partial charge in [-0.2, -0.15) is 0 Å². The van der Waals surface area contributed by atoms with Crippen molar-refractivity contribution in [1.29, 1.82) is 0 Å². The molecule has 0 aromatic heterocycles. The molecule has 0 spiro atoms. The van der Waals surface area contributed by atoms with Gasteiger partial charge in [-0.05, 0) is 128 Å². The molecule has 5 nitrogen and oxygen atoms in total. The summed E-state index contributed by atoms with van der Waals surface area (Å²) in [4.78, 5) is 23.7. The maximum absolute atomic E-state index is 12.6. The van der Waals surface area contributed by atoms with E-state index in [4.69, 9.17) is 9.84 Å². The standard InChI is InChI=1S/C33H51NO4/c35-28(36)17-34-33(37)38-18-27-29-23-13-5-1-9-19(23)21-11-3-7-15-25(21)31(29)32-26-16-8-4-12-22(26)20-10-2-6-14-24(20)30(27)32/h19-27,29-32H,1-18H2,(H,34,37)(H,35,36). The van der Waals surface area contributed by atoms with Crippen LogP contribution in [0.3, 0.4) is 0 Å². The summed E-state index contributed by atoms with van der Waals surface area (Å²) < 4.78 is 5.99. The summed E-state index contributed by atoms with van der Waals surface area (Å²) in [7, 11) is 0. The lowest BCUT2D eigenvalue weighted by Crippen LogP contribution is -2.52. The SMILES string of the molecule is O=C(O)CNC(=O)OCC1C2C3CCCCC3C3CCCCC3C2C2C3CCCCC3C3CCCCC3C12. The Bertz CT molecular complexity index is 836. The number of aliphatic carboxylic acids is 1. The predicted octanol–water partition coefficient (Wildman–Crippen LogP) is 7.14. The molecule has 7 aliphatic rings. The van der Waals surface area contributed by atoms with Gasteiger partial charge in [0, 0.05) is 0 Å². The highest BCUT2D eigenvalue weighted by Gasteiger charge is 2.67. The molecule has 5 heteroatoms. The summed E-state index contributed by atoms with van der Waals surface area (Å²) in [6.45, 7) is 0.166. The van der Waals surface area contributed by atoms with Crippen LogP contribution >= 0.6 is 0 Å². The van der Waals surface area contributed by atoms with Crippen LogP contribution in [0.5, 0.6) is 0 Å². The molecule has 1 amide bonds. The Kier molecular flexibility index (Phi) is 7.18. The Hall–Kier alpha value is -1.26. The Balaban J connectivity index is 1.27. The highest BCUT2D eigenvalue weighted by atomic mass is 16.5. The highest BCUT2D eigenvalue weighted by Crippen LogP contribution is 2.72. The molecule has 0 saturated heterocycles. The van der Waals surface area contributed by atoms with Gasteiger partial charge in [0.05, 0.1) is 6.61 Å². The molecular formula is C33H51NO4. The zero-order valence-electron chi connectivity index (χ0n) is 23.4. The van der Waals surface area contributed by atoms with Gasteiger partial charge in [0.25, 0.3) is 0 Å². The Labute approximate surface area is 229 Å². The van der Waals surface area contributed by atoms with E-state index in [9.17, 15) is 9.59 Å². The highest BCUT2D eigenvalue weighted by molar-refractivity contribution is 5.76. The van der Waals surface area contributed by atoms with Crippen molar-refractivity contribution in [2.45, 2.75) is 103 Å². The normalized spacial score (nSPS) is 49.2. The van der Waals surface area contributed by atoms with Gasteiger partial charge in [-0.25, -0.2) is 4.79 Å². The molecule has 12 atom stereocenters. The van der Waals surface area contributed by atoms with E-state index in [-0.39, 0.29) is 6.54 Å². The minimum atomic E-state index is -1.01. The topological polar surface area (TPSA) is 75.6 Å². The lowest BCUT2D eigenvalue weighted by molar-refractivity contribution is -0.135. The van der Waals surface area contributed by atoms with Crippen molar-refractivity contribution < 1.29 is 19.4 Å². The van der Waals surface area contributed by atoms with Gasteiger partial charge in [-0.15, -0.1) is 0 Å². The molecule has 38 heavy (non-hydrogen) atoms. The fraction of sp³-hybridized carbons (Fsp3) is 0.939. The van der Waals surface area contributed by atoms with Crippen LogP contribution < -0.4 is 5.32 Å².